The number of fused-ring (bicyclic) bond motifs is 1. The lowest BCUT2D eigenvalue weighted by molar-refractivity contribution is -0.141. The molecular weight excluding hydrogens is 180 g/mol. The third-order valence-corrected chi connectivity index (χ3v) is 3.58. The summed E-state index contributed by atoms with van der Waals surface area (Å²) in [6.07, 6.45) is 3.10. The first-order valence-electron chi connectivity index (χ1n) is 5.29. The molecule has 2 aliphatic carbocycles. The number of carbonyl (C=O) groups excluding carboxylic acids is 2. The summed E-state index contributed by atoms with van der Waals surface area (Å²) in [5.41, 5.74) is 5.90. The molecule has 2 N–H and O–H groups in total. The summed E-state index contributed by atoms with van der Waals surface area (Å²) in [4.78, 5) is 24.6. The Kier molecular flexibility index (Phi) is 1.54. The van der Waals surface area contributed by atoms with Crippen molar-refractivity contribution in [2.24, 2.45) is 23.5 Å². The summed E-state index contributed by atoms with van der Waals surface area (Å²) in [7, 11) is 0. The van der Waals surface area contributed by atoms with Gasteiger partial charge in [0, 0.05) is 12.6 Å². The minimum absolute atomic E-state index is 0.0143. The number of amides is 2. The Morgan fingerprint density at radius 2 is 1.86 bits per heavy atom. The van der Waals surface area contributed by atoms with E-state index in [1.54, 1.807) is 0 Å². The minimum Gasteiger partial charge on any atom is -0.326 e. The van der Waals surface area contributed by atoms with Crippen LogP contribution in [0.1, 0.15) is 19.3 Å². The van der Waals surface area contributed by atoms with E-state index in [1.807, 2.05) is 0 Å². The molecule has 0 spiro atoms. The van der Waals surface area contributed by atoms with Crippen molar-refractivity contribution in [3.63, 3.8) is 0 Å². The third kappa shape index (κ3) is 1.10. The smallest absolute Gasteiger partial charge is 0.233 e. The Labute approximate surface area is 82.4 Å². The molecule has 0 aromatic rings. The van der Waals surface area contributed by atoms with Gasteiger partial charge < -0.3 is 5.73 Å². The molecule has 1 aliphatic heterocycles. The molecule has 1 saturated heterocycles. The standard InChI is InChI=1S/C10H14N2O2/c11-8(5-1-2-5)4-12-9(13)6-3-7(6)10(12)14/h5-8H,1-4,11H2. The highest BCUT2D eigenvalue weighted by Gasteiger charge is 2.59. The average Bonchev–Trinajstić information content (AvgIpc) is 3.03. The van der Waals surface area contributed by atoms with Gasteiger partial charge in [-0.3, -0.25) is 14.5 Å². The Bertz CT molecular complexity index is 291. The quantitative estimate of drug-likeness (QED) is 0.629. The fraction of sp³-hybridized carbons (Fsp3) is 0.800. The minimum atomic E-state index is 0.0143. The van der Waals surface area contributed by atoms with E-state index in [0.29, 0.717) is 12.5 Å². The number of nitrogens with two attached hydrogens (primary N) is 1. The second-order valence-corrected chi connectivity index (χ2v) is 4.74. The van der Waals surface area contributed by atoms with Gasteiger partial charge in [0.05, 0.1) is 11.8 Å². The predicted molar refractivity (Wildman–Crippen MR) is 49.0 cm³/mol. The van der Waals surface area contributed by atoms with Gasteiger partial charge in [0.1, 0.15) is 0 Å². The molecule has 4 nitrogen and oxygen atoms in total. The SMILES string of the molecule is NC(CN1C(=O)C2CC2C1=O)C1CC1. The number of nitrogens with zero attached hydrogens (tertiary/aromatic N) is 1. The first kappa shape index (κ1) is 8.41. The van der Waals surface area contributed by atoms with Crippen molar-refractivity contribution in [3.05, 3.63) is 0 Å². The Morgan fingerprint density at radius 3 is 2.36 bits per heavy atom. The fourth-order valence-electron chi connectivity index (χ4n) is 2.31. The normalized spacial score (nSPS) is 37.4. The van der Waals surface area contributed by atoms with Crippen molar-refractivity contribution in [1.29, 1.82) is 0 Å². The molecule has 2 amide bonds. The topological polar surface area (TPSA) is 63.4 Å². The first-order valence-corrected chi connectivity index (χ1v) is 5.29. The van der Waals surface area contributed by atoms with E-state index >= 15 is 0 Å². The van der Waals surface area contributed by atoms with Gasteiger partial charge in [-0.15, -0.1) is 0 Å². The molecule has 3 atom stereocenters. The molecule has 0 aromatic carbocycles. The van der Waals surface area contributed by atoms with Crippen molar-refractivity contribution in [3.8, 4) is 0 Å². The zero-order valence-electron chi connectivity index (χ0n) is 7.98. The van der Waals surface area contributed by atoms with Crippen LogP contribution >= 0.6 is 0 Å². The molecule has 3 aliphatic rings. The van der Waals surface area contributed by atoms with Crippen LogP contribution in [0.3, 0.4) is 0 Å². The Morgan fingerprint density at radius 1 is 1.29 bits per heavy atom. The van der Waals surface area contributed by atoms with Crippen LogP contribution in [-0.2, 0) is 9.59 Å². The van der Waals surface area contributed by atoms with Crippen LogP contribution in [0.2, 0.25) is 0 Å². The van der Waals surface area contributed by atoms with Crippen LogP contribution in [0.4, 0.5) is 0 Å². The highest BCUT2D eigenvalue weighted by molar-refractivity contribution is 6.08. The molecule has 2 saturated carbocycles. The van der Waals surface area contributed by atoms with E-state index in [4.69, 9.17) is 5.73 Å². The van der Waals surface area contributed by atoms with Crippen molar-refractivity contribution < 1.29 is 9.59 Å². The van der Waals surface area contributed by atoms with Gasteiger partial charge in [-0.05, 0) is 25.2 Å². The van der Waals surface area contributed by atoms with Gasteiger partial charge in [-0.2, -0.15) is 0 Å². The maximum atomic E-state index is 11.6. The van der Waals surface area contributed by atoms with E-state index in [0.717, 1.165) is 19.3 Å². The summed E-state index contributed by atoms with van der Waals surface area (Å²) < 4.78 is 0. The lowest BCUT2D eigenvalue weighted by Gasteiger charge is -2.20. The molecule has 3 unspecified atom stereocenters. The Balaban J connectivity index is 1.67. The van der Waals surface area contributed by atoms with Crippen molar-refractivity contribution in [2.75, 3.05) is 6.54 Å². The molecule has 14 heavy (non-hydrogen) atoms. The van der Waals surface area contributed by atoms with Crippen LogP contribution in [0.5, 0.6) is 0 Å². The van der Waals surface area contributed by atoms with E-state index in [9.17, 15) is 9.59 Å². The van der Waals surface area contributed by atoms with Crippen LogP contribution < -0.4 is 5.73 Å². The highest BCUT2D eigenvalue weighted by Crippen LogP contribution is 2.47. The van der Waals surface area contributed by atoms with Gasteiger partial charge in [-0.1, -0.05) is 0 Å². The molecule has 0 bridgehead atoms. The second-order valence-electron chi connectivity index (χ2n) is 4.74. The monoisotopic (exact) mass is 194 g/mol. The summed E-state index contributed by atoms with van der Waals surface area (Å²) in [5, 5.41) is 0. The van der Waals surface area contributed by atoms with Gasteiger partial charge in [0.15, 0.2) is 0 Å². The maximum absolute atomic E-state index is 11.6. The number of hydrogen-bond donors (Lipinski definition) is 1. The third-order valence-electron chi connectivity index (χ3n) is 3.58. The van der Waals surface area contributed by atoms with E-state index in [2.05, 4.69) is 0 Å². The van der Waals surface area contributed by atoms with Gasteiger partial charge >= 0.3 is 0 Å². The van der Waals surface area contributed by atoms with Gasteiger partial charge in [0.25, 0.3) is 0 Å². The lowest BCUT2D eigenvalue weighted by atomic mass is 10.2. The molecule has 1 heterocycles. The van der Waals surface area contributed by atoms with Crippen LogP contribution in [0, 0.1) is 17.8 Å². The van der Waals surface area contributed by atoms with E-state index < -0.39 is 0 Å². The molecule has 0 radical (unpaired) electrons. The number of imide groups is 1. The fourth-order valence-corrected chi connectivity index (χ4v) is 2.31. The molecule has 76 valence electrons. The van der Waals surface area contributed by atoms with Crippen LogP contribution in [0.25, 0.3) is 0 Å². The number of hydrogen-bond acceptors (Lipinski definition) is 3. The number of carbonyl (C=O) groups is 2. The van der Waals surface area contributed by atoms with Crippen molar-refractivity contribution >= 4 is 11.8 Å². The summed E-state index contributed by atoms with van der Waals surface area (Å²) >= 11 is 0. The molecule has 3 rings (SSSR count). The largest absolute Gasteiger partial charge is 0.326 e. The zero-order chi connectivity index (χ0) is 9.87. The highest BCUT2D eigenvalue weighted by atomic mass is 16.2. The van der Waals surface area contributed by atoms with Crippen LogP contribution in [-0.4, -0.2) is 29.3 Å². The summed E-state index contributed by atoms with van der Waals surface area (Å²) in [6.45, 7) is 0.454. The number of piperidine rings is 1. The van der Waals surface area contributed by atoms with Gasteiger partial charge in [-0.25, -0.2) is 0 Å². The summed E-state index contributed by atoms with van der Waals surface area (Å²) in [5.74, 6) is 0.641. The van der Waals surface area contributed by atoms with Crippen molar-refractivity contribution in [2.45, 2.75) is 25.3 Å². The maximum Gasteiger partial charge on any atom is 0.233 e. The van der Waals surface area contributed by atoms with Crippen LogP contribution in [0.15, 0.2) is 0 Å². The first-order chi connectivity index (χ1) is 6.68. The van der Waals surface area contributed by atoms with Gasteiger partial charge in [0.2, 0.25) is 11.8 Å². The predicted octanol–water partition coefficient (Wildman–Crippen LogP) is -0.271. The van der Waals surface area contributed by atoms with E-state index in [-0.39, 0.29) is 29.7 Å². The zero-order valence-corrected chi connectivity index (χ0v) is 7.98. The second kappa shape index (κ2) is 2.57. The van der Waals surface area contributed by atoms with Crippen molar-refractivity contribution in [1.82, 2.24) is 4.90 Å². The average molecular weight is 194 g/mol. The molecular formula is C10H14N2O2. The molecule has 4 heteroatoms. The Hall–Kier alpha value is -0.900. The lowest BCUT2D eigenvalue weighted by Crippen LogP contribution is -2.43. The number of likely N-dealkylation sites (tertiary alicyclic amines) is 1. The molecule has 0 aromatic heterocycles. The number of rotatable bonds is 3. The summed E-state index contributed by atoms with van der Waals surface area (Å²) in [6, 6.07) is 0.0143. The molecule has 3 fully saturated rings. The van der Waals surface area contributed by atoms with E-state index in [1.165, 1.54) is 4.90 Å².